The van der Waals surface area contributed by atoms with E-state index in [0.717, 1.165) is 12.1 Å². The van der Waals surface area contributed by atoms with Crippen molar-refractivity contribution in [2.45, 2.75) is 24.8 Å². The molecule has 1 N–H and O–H groups in total. The highest BCUT2D eigenvalue weighted by Gasteiger charge is 2.40. The molecule has 0 aromatic heterocycles. The Morgan fingerprint density at radius 1 is 1.52 bits per heavy atom. The lowest BCUT2D eigenvalue weighted by molar-refractivity contribution is -0.123. The zero-order valence-electron chi connectivity index (χ0n) is 12.8. The molecule has 1 unspecified atom stereocenters. The molecular formula is C14H18BrFN2O3S2. The van der Waals surface area contributed by atoms with Gasteiger partial charge in [-0.25, -0.2) is 12.8 Å². The number of benzene rings is 1. The summed E-state index contributed by atoms with van der Waals surface area (Å²) in [6.07, 6.45) is 0. The van der Waals surface area contributed by atoms with Gasteiger partial charge in [-0.2, -0.15) is 4.31 Å². The Morgan fingerprint density at radius 3 is 2.83 bits per heavy atom. The number of nitrogens with zero attached hydrogens (tertiary/aromatic N) is 1. The molecule has 1 saturated heterocycles. The molecule has 1 aromatic rings. The van der Waals surface area contributed by atoms with E-state index >= 15 is 0 Å². The number of halogens is 2. The molecule has 5 nitrogen and oxygen atoms in total. The Kier molecular flexibility index (Phi) is 6.10. The smallest absolute Gasteiger partial charge is 0.245 e. The first-order valence-electron chi connectivity index (χ1n) is 7.06. The third-order valence-electron chi connectivity index (χ3n) is 3.31. The van der Waals surface area contributed by atoms with E-state index in [4.69, 9.17) is 0 Å². The average Bonchev–Trinajstić information content (AvgIpc) is 2.94. The van der Waals surface area contributed by atoms with Crippen LogP contribution in [0.25, 0.3) is 0 Å². The third-order valence-corrected chi connectivity index (χ3v) is 7.32. The van der Waals surface area contributed by atoms with Gasteiger partial charge in [0.1, 0.15) is 11.9 Å². The Bertz CT molecular complexity index is 697. The molecule has 2 rings (SSSR count). The minimum atomic E-state index is -3.88. The number of carbonyl (C=O) groups excluding carboxylic acids is 1. The molecule has 0 spiro atoms. The fourth-order valence-corrected chi connectivity index (χ4v) is 6.26. The highest BCUT2D eigenvalue weighted by atomic mass is 79.9. The highest BCUT2D eigenvalue weighted by Crippen LogP contribution is 2.32. The van der Waals surface area contributed by atoms with Gasteiger partial charge in [0.15, 0.2) is 0 Å². The standard InChI is InChI=1S/C14H18BrFN2O3S2/c1-9(2)6-17-14(19)12-7-22-8-18(12)23(20,21)13-4-3-10(16)5-11(13)15/h3-5,9,12H,6-8H2,1-2H3,(H,17,19). The van der Waals surface area contributed by atoms with Crippen molar-refractivity contribution in [3.63, 3.8) is 0 Å². The van der Waals surface area contributed by atoms with Crippen molar-refractivity contribution < 1.29 is 17.6 Å². The second kappa shape index (κ2) is 7.50. The predicted octanol–water partition coefficient (Wildman–Crippen LogP) is 2.42. The number of amides is 1. The molecule has 1 aromatic carbocycles. The van der Waals surface area contributed by atoms with Crippen molar-refractivity contribution in [1.82, 2.24) is 9.62 Å². The third kappa shape index (κ3) is 4.26. The van der Waals surface area contributed by atoms with Crippen LogP contribution < -0.4 is 5.32 Å². The first-order chi connectivity index (χ1) is 10.7. The summed E-state index contributed by atoms with van der Waals surface area (Å²) in [7, 11) is -3.88. The largest absolute Gasteiger partial charge is 0.354 e. The Balaban J connectivity index is 2.25. The van der Waals surface area contributed by atoms with Crippen molar-refractivity contribution in [1.29, 1.82) is 0 Å². The predicted molar refractivity (Wildman–Crippen MR) is 92.1 cm³/mol. The van der Waals surface area contributed by atoms with Gasteiger partial charge in [-0.3, -0.25) is 4.79 Å². The van der Waals surface area contributed by atoms with Crippen LogP contribution in [-0.4, -0.2) is 42.8 Å². The molecular weight excluding hydrogens is 407 g/mol. The van der Waals surface area contributed by atoms with E-state index in [1.165, 1.54) is 22.1 Å². The number of nitrogens with one attached hydrogen (secondary N) is 1. The van der Waals surface area contributed by atoms with Crippen molar-refractivity contribution in [3.8, 4) is 0 Å². The number of thioether (sulfide) groups is 1. The molecule has 128 valence electrons. The van der Waals surface area contributed by atoms with Crippen molar-refractivity contribution in [2.75, 3.05) is 18.2 Å². The molecule has 0 saturated carbocycles. The lowest BCUT2D eigenvalue weighted by Gasteiger charge is -2.23. The van der Waals surface area contributed by atoms with Crippen LogP contribution in [0.2, 0.25) is 0 Å². The second-order valence-electron chi connectivity index (χ2n) is 5.62. The first-order valence-corrected chi connectivity index (χ1v) is 10.4. The minimum absolute atomic E-state index is 0.0388. The molecule has 0 aliphatic carbocycles. The maximum atomic E-state index is 13.2. The fourth-order valence-electron chi connectivity index (χ4n) is 2.10. The van der Waals surface area contributed by atoms with Crippen LogP contribution in [0.4, 0.5) is 4.39 Å². The summed E-state index contributed by atoms with van der Waals surface area (Å²) < 4.78 is 40.1. The van der Waals surface area contributed by atoms with Gasteiger partial charge >= 0.3 is 0 Å². The average molecular weight is 425 g/mol. The fraction of sp³-hybridized carbons (Fsp3) is 0.500. The van der Waals surface area contributed by atoms with E-state index in [2.05, 4.69) is 21.2 Å². The van der Waals surface area contributed by atoms with Crippen molar-refractivity contribution in [2.24, 2.45) is 5.92 Å². The second-order valence-corrected chi connectivity index (χ2v) is 9.33. The summed E-state index contributed by atoms with van der Waals surface area (Å²) in [5.41, 5.74) is 0. The van der Waals surface area contributed by atoms with E-state index in [0.29, 0.717) is 12.3 Å². The van der Waals surface area contributed by atoms with Crippen LogP contribution in [0.15, 0.2) is 27.6 Å². The first kappa shape index (κ1) is 18.7. The van der Waals surface area contributed by atoms with Gasteiger partial charge in [0, 0.05) is 16.8 Å². The highest BCUT2D eigenvalue weighted by molar-refractivity contribution is 9.10. The maximum absolute atomic E-state index is 13.2. The van der Waals surface area contributed by atoms with E-state index in [1.807, 2.05) is 13.8 Å². The van der Waals surface area contributed by atoms with Gasteiger partial charge in [-0.15, -0.1) is 11.8 Å². The number of hydrogen-bond acceptors (Lipinski definition) is 4. The minimum Gasteiger partial charge on any atom is -0.354 e. The molecule has 1 atom stereocenters. The van der Waals surface area contributed by atoms with Crippen LogP contribution >= 0.6 is 27.7 Å². The summed E-state index contributed by atoms with van der Waals surface area (Å²) in [6.45, 7) is 4.43. The van der Waals surface area contributed by atoms with Crippen LogP contribution in [0, 0.1) is 11.7 Å². The van der Waals surface area contributed by atoms with E-state index in [1.54, 1.807) is 0 Å². The maximum Gasteiger partial charge on any atom is 0.245 e. The lowest BCUT2D eigenvalue weighted by Crippen LogP contribution is -2.47. The number of carbonyl (C=O) groups is 1. The van der Waals surface area contributed by atoms with Crippen molar-refractivity contribution in [3.05, 3.63) is 28.5 Å². The molecule has 1 heterocycles. The van der Waals surface area contributed by atoms with Gasteiger partial charge in [0.2, 0.25) is 15.9 Å². The van der Waals surface area contributed by atoms with Gasteiger partial charge in [-0.1, -0.05) is 13.8 Å². The van der Waals surface area contributed by atoms with E-state index in [-0.39, 0.29) is 27.1 Å². The molecule has 0 bridgehead atoms. The summed E-state index contributed by atoms with van der Waals surface area (Å²) in [5, 5.41) is 2.77. The monoisotopic (exact) mass is 424 g/mol. The SMILES string of the molecule is CC(C)CNC(=O)C1CSCN1S(=O)(=O)c1ccc(F)cc1Br. The summed E-state index contributed by atoms with van der Waals surface area (Å²) in [4.78, 5) is 12.2. The normalized spacial score (nSPS) is 19.3. The molecule has 23 heavy (non-hydrogen) atoms. The lowest BCUT2D eigenvalue weighted by atomic mass is 10.2. The number of sulfonamides is 1. The van der Waals surface area contributed by atoms with Gasteiger partial charge in [0.25, 0.3) is 0 Å². The Hall–Kier alpha value is -0.640. The topological polar surface area (TPSA) is 66.5 Å². The Morgan fingerprint density at radius 2 is 2.22 bits per heavy atom. The molecule has 9 heteroatoms. The molecule has 1 aliphatic rings. The quantitative estimate of drug-likeness (QED) is 0.787. The molecule has 1 amide bonds. The molecule has 1 aliphatic heterocycles. The number of hydrogen-bond donors (Lipinski definition) is 1. The molecule has 1 fully saturated rings. The summed E-state index contributed by atoms with van der Waals surface area (Å²) in [6, 6.07) is 2.65. The number of rotatable bonds is 5. The van der Waals surface area contributed by atoms with Gasteiger partial charge < -0.3 is 5.32 Å². The van der Waals surface area contributed by atoms with Crippen molar-refractivity contribution >= 4 is 43.6 Å². The Labute approximate surface area is 148 Å². The van der Waals surface area contributed by atoms with E-state index in [9.17, 15) is 17.6 Å². The van der Waals surface area contributed by atoms with Crippen LogP contribution in [0.1, 0.15) is 13.8 Å². The van der Waals surface area contributed by atoms with Gasteiger partial charge in [0.05, 0.1) is 10.8 Å². The van der Waals surface area contributed by atoms with Crippen LogP contribution in [-0.2, 0) is 14.8 Å². The zero-order valence-corrected chi connectivity index (χ0v) is 16.0. The zero-order chi connectivity index (χ0) is 17.2. The summed E-state index contributed by atoms with van der Waals surface area (Å²) in [5.74, 6) is 0.0566. The van der Waals surface area contributed by atoms with Crippen LogP contribution in [0.5, 0.6) is 0 Å². The summed E-state index contributed by atoms with van der Waals surface area (Å²) >= 11 is 4.46. The van der Waals surface area contributed by atoms with Gasteiger partial charge in [-0.05, 0) is 40.0 Å². The molecule has 0 radical (unpaired) electrons. The van der Waals surface area contributed by atoms with Crippen LogP contribution in [0.3, 0.4) is 0 Å². The van der Waals surface area contributed by atoms with E-state index < -0.39 is 21.9 Å².